The van der Waals surface area contributed by atoms with Crippen LogP contribution in [0.5, 0.6) is 0 Å². The molecule has 1 aliphatic heterocycles. The van der Waals surface area contributed by atoms with Gasteiger partial charge in [0.2, 0.25) is 5.91 Å². The van der Waals surface area contributed by atoms with Gasteiger partial charge in [-0.3, -0.25) is 9.69 Å². The molecule has 1 saturated heterocycles. The number of hydrogen-bond donors (Lipinski definition) is 1. The molecule has 1 unspecified atom stereocenters. The van der Waals surface area contributed by atoms with Gasteiger partial charge in [0.1, 0.15) is 5.82 Å². The van der Waals surface area contributed by atoms with Crippen LogP contribution >= 0.6 is 11.3 Å². The van der Waals surface area contributed by atoms with Crippen molar-refractivity contribution in [2.24, 2.45) is 5.92 Å². The first-order valence-corrected chi connectivity index (χ1v) is 9.30. The SMILES string of the molecule is CC(NC(=O)C1CCN(Cc2cccs2)CC1)c1ccc(F)cc1. The molecule has 1 N–H and O–H groups in total. The Morgan fingerprint density at radius 3 is 2.62 bits per heavy atom. The third-order valence-electron chi connectivity index (χ3n) is 4.65. The van der Waals surface area contributed by atoms with Crippen LogP contribution in [0.4, 0.5) is 4.39 Å². The zero-order valence-corrected chi connectivity index (χ0v) is 14.7. The molecule has 1 fully saturated rings. The van der Waals surface area contributed by atoms with E-state index in [1.54, 1.807) is 23.5 Å². The molecule has 3 nitrogen and oxygen atoms in total. The zero-order valence-electron chi connectivity index (χ0n) is 13.9. The molecule has 2 heterocycles. The van der Waals surface area contributed by atoms with Gasteiger partial charge in [-0.1, -0.05) is 18.2 Å². The molecule has 0 bridgehead atoms. The summed E-state index contributed by atoms with van der Waals surface area (Å²) in [5.74, 6) is -0.0644. The maximum atomic E-state index is 13.0. The maximum absolute atomic E-state index is 13.0. The highest BCUT2D eigenvalue weighted by Gasteiger charge is 2.26. The van der Waals surface area contributed by atoms with Gasteiger partial charge < -0.3 is 5.32 Å². The van der Waals surface area contributed by atoms with E-state index in [2.05, 4.69) is 27.7 Å². The molecule has 2 aromatic rings. The van der Waals surface area contributed by atoms with Gasteiger partial charge in [0.15, 0.2) is 0 Å². The number of thiophene rings is 1. The molecule has 24 heavy (non-hydrogen) atoms. The third kappa shape index (κ3) is 4.42. The monoisotopic (exact) mass is 346 g/mol. The molecule has 1 aromatic heterocycles. The Hall–Kier alpha value is -1.72. The van der Waals surface area contributed by atoms with E-state index in [0.717, 1.165) is 38.0 Å². The second-order valence-electron chi connectivity index (χ2n) is 6.41. The molecule has 1 amide bonds. The maximum Gasteiger partial charge on any atom is 0.223 e. The summed E-state index contributed by atoms with van der Waals surface area (Å²) in [5, 5.41) is 5.17. The highest BCUT2D eigenvalue weighted by molar-refractivity contribution is 7.09. The summed E-state index contributed by atoms with van der Waals surface area (Å²) in [6, 6.07) is 10.5. The summed E-state index contributed by atoms with van der Waals surface area (Å²) >= 11 is 1.78. The van der Waals surface area contributed by atoms with Crippen molar-refractivity contribution in [3.05, 3.63) is 58.0 Å². The Kier molecular flexibility index (Phi) is 5.63. The van der Waals surface area contributed by atoms with Crippen molar-refractivity contribution in [2.45, 2.75) is 32.4 Å². The minimum absolute atomic E-state index is 0.0764. The average Bonchev–Trinajstić information content (AvgIpc) is 3.09. The highest BCUT2D eigenvalue weighted by Crippen LogP contribution is 2.22. The highest BCUT2D eigenvalue weighted by atomic mass is 32.1. The van der Waals surface area contributed by atoms with Crippen molar-refractivity contribution in [2.75, 3.05) is 13.1 Å². The smallest absolute Gasteiger partial charge is 0.223 e. The van der Waals surface area contributed by atoms with E-state index >= 15 is 0 Å². The lowest BCUT2D eigenvalue weighted by Crippen LogP contribution is -2.40. The average molecular weight is 346 g/mol. The molecule has 0 radical (unpaired) electrons. The normalized spacial score (nSPS) is 17.6. The van der Waals surface area contributed by atoms with Crippen LogP contribution in [0.1, 0.15) is 36.2 Å². The number of nitrogens with one attached hydrogen (secondary N) is 1. The second kappa shape index (κ2) is 7.90. The van der Waals surface area contributed by atoms with Gasteiger partial charge in [-0.05, 0) is 62.0 Å². The number of likely N-dealkylation sites (tertiary alicyclic amines) is 1. The van der Waals surface area contributed by atoms with E-state index in [9.17, 15) is 9.18 Å². The molecular formula is C19H23FN2OS. The first-order valence-electron chi connectivity index (χ1n) is 8.42. The molecule has 0 saturated carbocycles. The van der Waals surface area contributed by atoms with E-state index in [4.69, 9.17) is 0 Å². The summed E-state index contributed by atoms with van der Waals surface area (Å²) in [6.07, 6.45) is 1.79. The molecule has 5 heteroatoms. The predicted octanol–water partition coefficient (Wildman–Crippen LogP) is 3.98. The van der Waals surface area contributed by atoms with E-state index in [1.165, 1.54) is 17.0 Å². The predicted molar refractivity (Wildman–Crippen MR) is 95.3 cm³/mol. The molecule has 1 atom stereocenters. The second-order valence-corrected chi connectivity index (χ2v) is 7.44. The standard InChI is InChI=1S/C19H23FN2OS/c1-14(15-4-6-17(20)7-5-15)21-19(23)16-8-10-22(11-9-16)13-18-3-2-12-24-18/h2-7,12,14,16H,8-11,13H2,1H3,(H,21,23). The van der Waals surface area contributed by atoms with Crippen LogP contribution in [-0.4, -0.2) is 23.9 Å². The van der Waals surface area contributed by atoms with Gasteiger partial charge in [0.25, 0.3) is 0 Å². The summed E-state index contributed by atoms with van der Waals surface area (Å²) in [6.45, 7) is 4.84. The van der Waals surface area contributed by atoms with Gasteiger partial charge in [-0.15, -0.1) is 11.3 Å². The number of carbonyl (C=O) groups is 1. The van der Waals surface area contributed by atoms with Crippen LogP contribution in [0.2, 0.25) is 0 Å². The summed E-state index contributed by atoms with van der Waals surface area (Å²) < 4.78 is 13.0. The lowest BCUT2D eigenvalue weighted by Gasteiger charge is -2.31. The lowest BCUT2D eigenvalue weighted by atomic mass is 9.95. The van der Waals surface area contributed by atoms with E-state index < -0.39 is 0 Å². The fourth-order valence-corrected chi connectivity index (χ4v) is 3.89. The fraction of sp³-hybridized carbons (Fsp3) is 0.421. The van der Waals surface area contributed by atoms with Crippen molar-refractivity contribution in [3.63, 3.8) is 0 Å². The van der Waals surface area contributed by atoms with Crippen molar-refractivity contribution in [1.29, 1.82) is 0 Å². The van der Waals surface area contributed by atoms with Crippen LogP contribution in [0.3, 0.4) is 0 Å². The number of hydrogen-bond acceptors (Lipinski definition) is 3. The number of nitrogens with zero attached hydrogens (tertiary/aromatic N) is 1. The number of benzene rings is 1. The molecule has 0 spiro atoms. The Morgan fingerprint density at radius 2 is 2.00 bits per heavy atom. The zero-order chi connectivity index (χ0) is 16.9. The summed E-state index contributed by atoms with van der Waals surface area (Å²) in [4.78, 5) is 16.3. The molecule has 128 valence electrons. The Balaban J connectivity index is 1.47. The van der Waals surface area contributed by atoms with Gasteiger partial charge >= 0.3 is 0 Å². The van der Waals surface area contributed by atoms with Gasteiger partial charge in [-0.25, -0.2) is 4.39 Å². The first kappa shape index (κ1) is 17.1. The van der Waals surface area contributed by atoms with Crippen molar-refractivity contribution >= 4 is 17.2 Å². The number of rotatable bonds is 5. The Bertz CT molecular complexity index is 649. The molecule has 1 aromatic carbocycles. The van der Waals surface area contributed by atoms with E-state index in [0.29, 0.717) is 0 Å². The molecule has 1 aliphatic rings. The largest absolute Gasteiger partial charge is 0.349 e. The number of carbonyl (C=O) groups excluding carboxylic acids is 1. The van der Waals surface area contributed by atoms with Crippen molar-refractivity contribution < 1.29 is 9.18 Å². The van der Waals surface area contributed by atoms with E-state index in [-0.39, 0.29) is 23.7 Å². The topological polar surface area (TPSA) is 32.3 Å². The molecular weight excluding hydrogens is 323 g/mol. The summed E-state index contributed by atoms with van der Waals surface area (Å²) in [7, 11) is 0. The van der Waals surface area contributed by atoms with Crippen LogP contribution in [0, 0.1) is 11.7 Å². The Morgan fingerprint density at radius 1 is 1.29 bits per heavy atom. The molecule has 0 aliphatic carbocycles. The van der Waals surface area contributed by atoms with Crippen LogP contribution in [-0.2, 0) is 11.3 Å². The first-order chi connectivity index (χ1) is 11.6. The van der Waals surface area contributed by atoms with Gasteiger partial charge in [0.05, 0.1) is 6.04 Å². The minimum atomic E-state index is -0.254. The summed E-state index contributed by atoms with van der Waals surface area (Å²) in [5.41, 5.74) is 0.930. The van der Waals surface area contributed by atoms with E-state index in [1.807, 2.05) is 6.92 Å². The number of amides is 1. The van der Waals surface area contributed by atoms with Gasteiger partial charge in [0, 0.05) is 17.3 Å². The van der Waals surface area contributed by atoms with Gasteiger partial charge in [-0.2, -0.15) is 0 Å². The number of piperidine rings is 1. The Labute approximate surface area is 146 Å². The molecule has 3 rings (SSSR count). The van der Waals surface area contributed by atoms with Crippen LogP contribution in [0.25, 0.3) is 0 Å². The third-order valence-corrected chi connectivity index (χ3v) is 5.51. The quantitative estimate of drug-likeness (QED) is 0.888. The fourth-order valence-electron chi connectivity index (χ4n) is 3.14. The van der Waals surface area contributed by atoms with Crippen molar-refractivity contribution in [3.8, 4) is 0 Å². The van der Waals surface area contributed by atoms with Crippen LogP contribution < -0.4 is 5.32 Å². The lowest BCUT2D eigenvalue weighted by molar-refractivity contribution is -0.127. The number of halogens is 1. The van der Waals surface area contributed by atoms with Crippen molar-refractivity contribution in [1.82, 2.24) is 10.2 Å². The van der Waals surface area contributed by atoms with Crippen LogP contribution in [0.15, 0.2) is 41.8 Å². The minimum Gasteiger partial charge on any atom is -0.349 e.